The van der Waals surface area contributed by atoms with Gasteiger partial charge in [-0.3, -0.25) is 9.59 Å². The quantitative estimate of drug-likeness (QED) is 0.302. The molecule has 0 bridgehead atoms. The number of hydrogen-bond donors (Lipinski definition) is 1. The van der Waals surface area contributed by atoms with E-state index in [1.807, 2.05) is 41.3 Å². The van der Waals surface area contributed by atoms with Crippen LogP contribution in [-0.4, -0.2) is 29.8 Å². The van der Waals surface area contributed by atoms with E-state index in [0.29, 0.717) is 45.3 Å². The third-order valence-corrected chi connectivity index (χ3v) is 9.04. The molecule has 2 heterocycles. The van der Waals surface area contributed by atoms with Crippen LogP contribution in [-0.2, 0) is 29.0 Å². The number of thiophene rings is 1. The number of fused-ring (bicyclic) bond motifs is 1. The van der Waals surface area contributed by atoms with Crippen molar-refractivity contribution in [2.24, 2.45) is 5.41 Å². The van der Waals surface area contributed by atoms with Gasteiger partial charge in [0.2, 0.25) is 11.8 Å². The van der Waals surface area contributed by atoms with Gasteiger partial charge in [-0.15, -0.1) is 11.3 Å². The molecule has 0 saturated carbocycles. The predicted molar refractivity (Wildman–Crippen MR) is 152 cm³/mol. The Morgan fingerprint density at radius 3 is 2.16 bits per heavy atom. The number of likely N-dealkylation sites (tertiary alicyclic amines) is 1. The fourth-order valence-electron chi connectivity index (χ4n) is 5.45. The van der Waals surface area contributed by atoms with Gasteiger partial charge in [-0.25, -0.2) is 0 Å². The fourth-order valence-corrected chi connectivity index (χ4v) is 6.60. The lowest BCUT2D eigenvalue weighted by Gasteiger charge is -2.41. The van der Waals surface area contributed by atoms with Crippen LogP contribution in [0.1, 0.15) is 40.8 Å². The lowest BCUT2D eigenvalue weighted by atomic mass is 9.73. The van der Waals surface area contributed by atoms with E-state index >= 15 is 0 Å². The van der Waals surface area contributed by atoms with Gasteiger partial charge in [-0.1, -0.05) is 78.9 Å². The van der Waals surface area contributed by atoms with Gasteiger partial charge in [-0.2, -0.15) is 0 Å². The molecule has 190 valence electrons. The van der Waals surface area contributed by atoms with Crippen molar-refractivity contribution in [2.45, 2.75) is 45.6 Å². The van der Waals surface area contributed by atoms with Crippen LogP contribution < -0.4 is 5.32 Å². The summed E-state index contributed by atoms with van der Waals surface area (Å²) in [6.07, 6.45) is 3.30. The molecule has 0 spiro atoms. The Kier molecular flexibility index (Phi) is 7.71. The van der Waals surface area contributed by atoms with Crippen molar-refractivity contribution in [3.05, 3.63) is 106 Å². The highest BCUT2D eigenvalue weighted by Gasteiger charge is 2.42. The number of carbonyl (C=O) groups is 2. The van der Waals surface area contributed by atoms with E-state index < -0.39 is 5.41 Å². The Morgan fingerprint density at radius 2 is 1.49 bits per heavy atom. The summed E-state index contributed by atoms with van der Waals surface area (Å²) in [6, 6.07) is 28.8. The molecule has 0 radical (unpaired) electrons. The summed E-state index contributed by atoms with van der Waals surface area (Å²) in [7, 11) is 0. The SMILES string of the molecule is Cc1c(CNC(=O)C2(Cc3ccccc3)CCN(C(=O)CCc3ccccc3)CC2)sc2ccccc12. The Labute approximate surface area is 223 Å². The standard InChI is InChI=1S/C32H34N2O2S/c1-24-27-14-8-9-15-28(27)37-29(24)23-33-31(36)32(22-26-12-6-3-7-13-26)18-20-34(21-19-32)30(35)17-16-25-10-4-2-5-11-25/h2-15H,16-23H2,1H3,(H,33,36). The Balaban J connectivity index is 1.26. The number of nitrogens with one attached hydrogen (secondary N) is 1. The maximum absolute atomic E-state index is 13.8. The summed E-state index contributed by atoms with van der Waals surface area (Å²) in [5, 5.41) is 4.55. The zero-order valence-corrected chi connectivity index (χ0v) is 22.2. The maximum atomic E-state index is 13.8. The van der Waals surface area contributed by atoms with E-state index in [9.17, 15) is 9.59 Å². The van der Waals surface area contributed by atoms with E-state index in [2.05, 4.69) is 60.8 Å². The summed E-state index contributed by atoms with van der Waals surface area (Å²) in [5.74, 6) is 0.281. The average Bonchev–Trinajstić information content (AvgIpc) is 3.27. The minimum atomic E-state index is -0.512. The molecule has 3 aromatic carbocycles. The Hall–Kier alpha value is -3.44. The topological polar surface area (TPSA) is 49.4 Å². The van der Waals surface area contributed by atoms with Gasteiger partial charge >= 0.3 is 0 Å². The van der Waals surface area contributed by atoms with Crippen molar-refractivity contribution in [1.82, 2.24) is 10.2 Å². The minimum Gasteiger partial charge on any atom is -0.351 e. The number of hydrogen-bond acceptors (Lipinski definition) is 3. The smallest absolute Gasteiger partial charge is 0.226 e. The van der Waals surface area contributed by atoms with Crippen LogP contribution in [0.4, 0.5) is 0 Å². The number of aryl methyl sites for hydroxylation is 2. The van der Waals surface area contributed by atoms with Gasteiger partial charge in [0.1, 0.15) is 0 Å². The van der Waals surface area contributed by atoms with Crippen molar-refractivity contribution in [2.75, 3.05) is 13.1 Å². The number of benzene rings is 3. The van der Waals surface area contributed by atoms with E-state index in [1.165, 1.54) is 31.7 Å². The largest absolute Gasteiger partial charge is 0.351 e. The maximum Gasteiger partial charge on any atom is 0.226 e. The highest BCUT2D eigenvalue weighted by Crippen LogP contribution is 2.37. The van der Waals surface area contributed by atoms with E-state index in [4.69, 9.17) is 0 Å². The van der Waals surface area contributed by atoms with Crippen LogP contribution in [0.2, 0.25) is 0 Å². The van der Waals surface area contributed by atoms with E-state index in [1.54, 1.807) is 11.3 Å². The molecule has 4 aromatic rings. The summed E-state index contributed by atoms with van der Waals surface area (Å²) < 4.78 is 1.26. The van der Waals surface area contributed by atoms with Gasteiger partial charge in [0.15, 0.2) is 0 Å². The first-order chi connectivity index (χ1) is 18.0. The molecule has 37 heavy (non-hydrogen) atoms. The zero-order valence-electron chi connectivity index (χ0n) is 21.4. The van der Waals surface area contributed by atoms with Gasteiger partial charge in [0.05, 0.1) is 12.0 Å². The van der Waals surface area contributed by atoms with Crippen LogP contribution in [0.25, 0.3) is 10.1 Å². The molecule has 1 N–H and O–H groups in total. The molecule has 4 nitrogen and oxygen atoms in total. The fraction of sp³-hybridized carbons (Fsp3) is 0.312. The van der Waals surface area contributed by atoms with Crippen LogP contribution >= 0.6 is 11.3 Å². The van der Waals surface area contributed by atoms with Crippen molar-refractivity contribution in [1.29, 1.82) is 0 Å². The number of nitrogens with zero attached hydrogens (tertiary/aromatic N) is 1. The number of piperidine rings is 1. The number of amides is 2. The van der Waals surface area contributed by atoms with Crippen molar-refractivity contribution >= 4 is 33.2 Å². The van der Waals surface area contributed by atoms with Crippen LogP contribution in [0.3, 0.4) is 0 Å². The van der Waals surface area contributed by atoms with Gasteiger partial charge in [-0.05, 0) is 60.7 Å². The third kappa shape index (κ3) is 5.78. The van der Waals surface area contributed by atoms with Gasteiger partial charge < -0.3 is 10.2 Å². The second-order valence-electron chi connectivity index (χ2n) is 10.1. The minimum absolute atomic E-state index is 0.101. The predicted octanol–water partition coefficient (Wildman–Crippen LogP) is 6.31. The lowest BCUT2D eigenvalue weighted by molar-refractivity contribution is -0.140. The molecule has 1 aliphatic heterocycles. The molecule has 5 rings (SSSR count). The molecule has 0 aliphatic carbocycles. The molecule has 0 unspecified atom stereocenters. The molecular formula is C32H34N2O2S. The first-order valence-electron chi connectivity index (χ1n) is 13.1. The van der Waals surface area contributed by atoms with Crippen molar-refractivity contribution < 1.29 is 9.59 Å². The highest BCUT2D eigenvalue weighted by atomic mass is 32.1. The summed E-state index contributed by atoms with van der Waals surface area (Å²) in [6.45, 7) is 3.92. The molecule has 1 aromatic heterocycles. The Bertz CT molecular complexity index is 1360. The van der Waals surface area contributed by atoms with E-state index in [-0.39, 0.29) is 11.8 Å². The van der Waals surface area contributed by atoms with Crippen LogP contribution in [0.5, 0.6) is 0 Å². The normalized spacial score (nSPS) is 15.0. The average molecular weight is 511 g/mol. The van der Waals surface area contributed by atoms with E-state index in [0.717, 1.165) is 6.42 Å². The molecule has 1 saturated heterocycles. The molecule has 1 aliphatic rings. The Morgan fingerprint density at radius 1 is 0.865 bits per heavy atom. The second-order valence-corrected chi connectivity index (χ2v) is 11.3. The molecule has 0 atom stereocenters. The van der Waals surface area contributed by atoms with Crippen LogP contribution in [0.15, 0.2) is 84.9 Å². The van der Waals surface area contributed by atoms with Gasteiger partial charge in [0, 0.05) is 29.1 Å². The molecule has 1 fully saturated rings. The van der Waals surface area contributed by atoms with Crippen molar-refractivity contribution in [3.63, 3.8) is 0 Å². The first kappa shape index (κ1) is 25.2. The third-order valence-electron chi connectivity index (χ3n) is 7.76. The van der Waals surface area contributed by atoms with Crippen LogP contribution in [0, 0.1) is 12.3 Å². The molecule has 5 heteroatoms. The van der Waals surface area contributed by atoms with Crippen molar-refractivity contribution in [3.8, 4) is 0 Å². The zero-order chi connectivity index (χ0) is 25.7. The second kappa shape index (κ2) is 11.3. The monoisotopic (exact) mass is 510 g/mol. The lowest BCUT2D eigenvalue weighted by Crippen LogP contribution is -2.51. The molecule has 2 amide bonds. The molecular weight excluding hydrogens is 476 g/mol. The number of carbonyl (C=O) groups excluding carboxylic acids is 2. The van der Waals surface area contributed by atoms with Gasteiger partial charge in [0.25, 0.3) is 0 Å². The number of rotatable bonds is 8. The highest BCUT2D eigenvalue weighted by molar-refractivity contribution is 7.19. The summed E-state index contributed by atoms with van der Waals surface area (Å²) in [4.78, 5) is 29.9. The summed E-state index contributed by atoms with van der Waals surface area (Å²) >= 11 is 1.76. The first-order valence-corrected chi connectivity index (χ1v) is 14.0. The summed E-state index contributed by atoms with van der Waals surface area (Å²) in [5.41, 5.74) is 3.08.